The molecular formula is C15H15BrN2O3. The first-order chi connectivity index (χ1) is 10.0. The molecule has 2 aromatic rings. The van der Waals surface area contributed by atoms with Gasteiger partial charge >= 0.3 is 0 Å². The normalized spacial score (nSPS) is 11.8. The van der Waals surface area contributed by atoms with E-state index in [2.05, 4.69) is 21.2 Å². The standard InChI is InChI=1S/C15H15BrN2O3/c1-10(11-3-6-13(21-2)7-4-11)17-12-5-8-15(18(19)20)14(16)9-12/h3-10,17H,1-2H3. The molecule has 0 heterocycles. The molecule has 1 atom stereocenters. The number of nitro benzene ring substituents is 1. The van der Waals surface area contributed by atoms with E-state index >= 15 is 0 Å². The van der Waals surface area contributed by atoms with Crippen LogP contribution in [0.5, 0.6) is 5.75 Å². The Morgan fingerprint density at radius 1 is 1.24 bits per heavy atom. The molecule has 1 unspecified atom stereocenters. The van der Waals surface area contributed by atoms with Crippen molar-refractivity contribution in [2.75, 3.05) is 12.4 Å². The highest BCUT2D eigenvalue weighted by molar-refractivity contribution is 9.10. The van der Waals surface area contributed by atoms with Crippen LogP contribution in [0.15, 0.2) is 46.9 Å². The zero-order chi connectivity index (χ0) is 15.4. The lowest BCUT2D eigenvalue weighted by Gasteiger charge is -2.16. The predicted octanol–water partition coefficient (Wildman–Crippen LogP) is 4.54. The molecule has 0 saturated carbocycles. The zero-order valence-corrected chi connectivity index (χ0v) is 13.3. The van der Waals surface area contributed by atoms with E-state index in [1.165, 1.54) is 6.07 Å². The van der Waals surface area contributed by atoms with Gasteiger partial charge < -0.3 is 10.1 Å². The Balaban J connectivity index is 2.13. The van der Waals surface area contributed by atoms with Gasteiger partial charge in [0.1, 0.15) is 5.75 Å². The first-order valence-corrected chi connectivity index (χ1v) is 7.15. The quantitative estimate of drug-likeness (QED) is 0.635. The fourth-order valence-corrected chi connectivity index (χ4v) is 2.49. The van der Waals surface area contributed by atoms with Crippen LogP contribution in [0.4, 0.5) is 11.4 Å². The summed E-state index contributed by atoms with van der Waals surface area (Å²) >= 11 is 3.21. The van der Waals surface area contributed by atoms with Crippen molar-refractivity contribution in [2.45, 2.75) is 13.0 Å². The van der Waals surface area contributed by atoms with Gasteiger partial charge in [0.25, 0.3) is 5.69 Å². The highest BCUT2D eigenvalue weighted by Crippen LogP contribution is 2.29. The molecule has 0 radical (unpaired) electrons. The minimum atomic E-state index is -0.416. The van der Waals surface area contributed by atoms with Crippen molar-refractivity contribution >= 4 is 27.3 Å². The fourth-order valence-electron chi connectivity index (χ4n) is 1.97. The van der Waals surface area contributed by atoms with Crippen molar-refractivity contribution in [1.29, 1.82) is 0 Å². The average Bonchev–Trinajstić information content (AvgIpc) is 2.47. The molecule has 2 rings (SSSR count). The molecule has 21 heavy (non-hydrogen) atoms. The molecule has 0 aliphatic rings. The minimum absolute atomic E-state index is 0.0534. The Labute approximate surface area is 131 Å². The summed E-state index contributed by atoms with van der Waals surface area (Å²) in [6.07, 6.45) is 0. The first-order valence-electron chi connectivity index (χ1n) is 6.35. The van der Waals surface area contributed by atoms with E-state index in [1.54, 1.807) is 19.2 Å². The van der Waals surface area contributed by atoms with E-state index in [4.69, 9.17) is 4.74 Å². The number of rotatable bonds is 5. The maximum Gasteiger partial charge on any atom is 0.283 e. The Bertz CT molecular complexity index is 644. The summed E-state index contributed by atoms with van der Waals surface area (Å²) < 4.78 is 5.59. The van der Waals surface area contributed by atoms with E-state index in [9.17, 15) is 10.1 Å². The summed E-state index contributed by atoms with van der Waals surface area (Å²) in [6, 6.07) is 12.7. The molecule has 6 heteroatoms. The lowest BCUT2D eigenvalue weighted by molar-refractivity contribution is -0.385. The number of nitrogens with one attached hydrogen (secondary N) is 1. The minimum Gasteiger partial charge on any atom is -0.497 e. The summed E-state index contributed by atoms with van der Waals surface area (Å²) in [5, 5.41) is 14.1. The van der Waals surface area contributed by atoms with E-state index in [1.807, 2.05) is 31.2 Å². The monoisotopic (exact) mass is 350 g/mol. The maximum absolute atomic E-state index is 10.8. The number of hydrogen-bond acceptors (Lipinski definition) is 4. The molecule has 1 N–H and O–H groups in total. The third kappa shape index (κ3) is 3.72. The molecule has 0 aromatic heterocycles. The molecule has 0 saturated heterocycles. The van der Waals surface area contributed by atoms with Crippen LogP contribution in [-0.4, -0.2) is 12.0 Å². The predicted molar refractivity (Wildman–Crippen MR) is 85.8 cm³/mol. The molecule has 0 amide bonds. The third-order valence-corrected chi connectivity index (χ3v) is 3.78. The number of nitro groups is 1. The zero-order valence-electron chi connectivity index (χ0n) is 11.7. The third-order valence-electron chi connectivity index (χ3n) is 3.14. The van der Waals surface area contributed by atoms with Crippen molar-refractivity contribution in [3.05, 3.63) is 62.6 Å². The van der Waals surface area contributed by atoms with Crippen LogP contribution in [0.25, 0.3) is 0 Å². The number of nitrogens with zero attached hydrogens (tertiary/aromatic N) is 1. The van der Waals surface area contributed by atoms with E-state index < -0.39 is 4.92 Å². The lowest BCUT2D eigenvalue weighted by atomic mass is 10.1. The maximum atomic E-state index is 10.8. The van der Waals surface area contributed by atoms with E-state index in [0.29, 0.717) is 4.47 Å². The number of benzene rings is 2. The Morgan fingerprint density at radius 3 is 2.43 bits per heavy atom. The van der Waals surface area contributed by atoms with Crippen LogP contribution in [0.3, 0.4) is 0 Å². The molecule has 0 aliphatic carbocycles. The van der Waals surface area contributed by atoms with Gasteiger partial charge in [-0.1, -0.05) is 12.1 Å². The van der Waals surface area contributed by atoms with Crippen LogP contribution in [0.1, 0.15) is 18.5 Å². The van der Waals surface area contributed by atoms with Crippen molar-refractivity contribution in [2.24, 2.45) is 0 Å². The lowest BCUT2D eigenvalue weighted by Crippen LogP contribution is -2.06. The van der Waals surface area contributed by atoms with E-state index in [-0.39, 0.29) is 11.7 Å². The average molecular weight is 351 g/mol. The van der Waals surface area contributed by atoms with E-state index in [0.717, 1.165) is 17.0 Å². The number of hydrogen-bond donors (Lipinski definition) is 1. The van der Waals surface area contributed by atoms with Gasteiger partial charge in [-0.2, -0.15) is 0 Å². The largest absolute Gasteiger partial charge is 0.497 e. The fraction of sp³-hybridized carbons (Fsp3) is 0.200. The van der Waals surface area contributed by atoms with Gasteiger partial charge in [-0.05, 0) is 52.7 Å². The van der Waals surface area contributed by atoms with Crippen molar-refractivity contribution < 1.29 is 9.66 Å². The van der Waals surface area contributed by atoms with Crippen LogP contribution in [0, 0.1) is 10.1 Å². The highest BCUT2D eigenvalue weighted by Gasteiger charge is 2.13. The summed E-state index contributed by atoms with van der Waals surface area (Å²) in [4.78, 5) is 10.4. The summed E-state index contributed by atoms with van der Waals surface area (Å²) in [5.74, 6) is 0.809. The van der Waals surface area contributed by atoms with Gasteiger partial charge in [0.15, 0.2) is 0 Å². The smallest absolute Gasteiger partial charge is 0.283 e. The van der Waals surface area contributed by atoms with Crippen LogP contribution < -0.4 is 10.1 Å². The molecule has 0 fully saturated rings. The first kappa shape index (κ1) is 15.3. The van der Waals surface area contributed by atoms with Crippen LogP contribution >= 0.6 is 15.9 Å². The number of ether oxygens (including phenoxy) is 1. The summed E-state index contributed by atoms with van der Waals surface area (Å²) in [5.41, 5.74) is 1.97. The number of halogens is 1. The van der Waals surface area contributed by atoms with Crippen LogP contribution in [-0.2, 0) is 0 Å². The van der Waals surface area contributed by atoms with Crippen molar-refractivity contribution in [3.8, 4) is 5.75 Å². The molecule has 110 valence electrons. The van der Waals surface area contributed by atoms with Gasteiger partial charge in [0, 0.05) is 17.8 Å². The van der Waals surface area contributed by atoms with Gasteiger partial charge in [0.2, 0.25) is 0 Å². The molecular weight excluding hydrogens is 336 g/mol. The summed E-state index contributed by atoms with van der Waals surface area (Å²) in [6.45, 7) is 2.02. The van der Waals surface area contributed by atoms with Gasteiger partial charge in [-0.3, -0.25) is 10.1 Å². The SMILES string of the molecule is COc1ccc(C(C)Nc2ccc([N+](=O)[O-])c(Br)c2)cc1. The Hall–Kier alpha value is -2.08. The Morgan fingerprint density at radius 2 is 1.90 bits per heavy atom. The Kier molecular flexibility index (Phi) is 4.80. The number of methoxy groups -OCH3 is 1. The molecule has 0 spiro atoms. The van der Waals surface area contributed by atoms with Gasteiger partial charge in [0.05, 0.1) is 16.5 Å². The van der Waals surface area contributed by atoms with Crippen LogP contribution in [0.2, 0.25) is 0 Å². The van der Waals surface area contributed by atoms with Crippen molar-refractivity contribution in [1.82, 2.24) is 0 Å². The topological polar surface area (TPSA) is 64.4 Å². The molecule has 0 aliphatic heterocycles. The van der Waals surface area contributed by atoms with Gasteiger partial charge in [-0.25, -0.2) is 0 Å². The highest BCUT2D eigenvalue weighted by atomic mass is 79.9. The molecule has 5 nitrogen and oxygen atoms in total. The number of anilines is 1. The second-order valence-electron chi connectivity index (χ2n) is 4.56. The molecule has 0 bridgehead atoms. The van der Waals surface area contributed by atoms with Crippen molar-refractivity contribution in [3.63, 3.8) is 0 Å². The second kappa shape index (κ2) is 6.58. The summed E-state index contributed by atoms with van der Waals surface area (Å²) in [7, 11) is 1.63. The van der Waals surface area contributed by atoms with Gasteiger partial charge in [-0.15, -0.1) is 0 Å². The molecule has 2 aromatic carbocycles. The second-order valence-corrected chi connectivity index (χ2v) is 5.42.